The molecule has 0 radical (unpaired) electrons. The summed E-state index contributed by atoms with van der Waals surface area (Å²) in [6.07, 6.45) is 3.20. The quantitative estimate of drug-likeness (QED) is 0.702. The topological polar surface area (TPSA) is 88.2 Å². The van der Waals surface area contributed by atoms with Gasteiger partial charge in [-0.1, -0.05) is 60.8 Å². The van der Waals surface area contributed by atoms with Crippen molar-refractivity contribution >= 4 is 63.5 Å². The van der Waals surface area contributed by atoms with Gasteiger partial charge in [0.05, 0.1) is 26.2 Å². The number of nitrogens with zero attached hydrogens (tertiary/aromatic N) is 1. The summed E-state index contributed by atoms with van der Waals surface area (Å²) in [5.74, 6) is -0.0890. The Morgan fingerprint density at radius 1 is 1.18 bits per heavy atom. The highest BCUT2D eigenvalue weighted by atomic mass is 35.5. The zero-order valence-electron chi connectivity index (χ0n) is 14.4. The zero-order valence-corrected chi connectivity index (χ0v) is 16.8. The van der Waals surface area contributed by atoms with Gasteiger partial charge in [0, 0.05) is 11.1 Å². The van der Waals surface area contributed by atoms with Crippen LogP contribution in [0.4, 0.5) is 10.5 Å². The summed E-state index contributed by atoms with van der Waals surface area (Å²) in [6.45, 7) is 7.01. The van der Waals surface area contributed by atoms with Crippen molar-refractivity contribution in [2.45, 2.75) is 0 Å². The van der Waals surface area contributed by atoms with Crippen molar-refractivity contribution in [3.63, 3.8) is 0 Å². The third-order valence-electron chi connectivity index (χ3n) is 3.66. The van der Waals surface area contributed by atoms with Gasteiger partial charge in [-0.05, 0) is 23.8 Å². The van der Waals surface area contributed by atoms with Gasteiger partial charge < -0.3 is 5.32 Å². The van der Waals surface area contributed by atoms with Gasteiger partial charge in [0.2, 0.25) is 0 Å². The van der Waals surface area contributed by atoms with Crippen molar-refractivity contribution in [3.05, 3.63) is 81.2 Å². The van der Waals surface area contributed by atoms with Gasteiger partial charge >= 0.3 is 6.03 Å². The van der Waals surface area contributed by atoms with Crippen molar-refractivity contribution in [3.8, 4) is 0 Å². The number of benzene rings is 1. The minimum Gasteiger partial charge on any atom is -0.306 e. The number of urea groups is 1. The second kappa shape index (κ2) is 8.55. The monoisotopic (exact) mass is 431 g/mol. The van der Waals surface area contributed by atoms with Gasteiger partial charge in [-0.15, -0.1) is 0 Å². The molecule has 1 heterocycles. The van der Waals surface area contributed by atoms with E-state index >= 15 is 0 Å². The molecule has 28 heavy (non-hydrogen) atoms. The molecule has 1 aromatic heterocycles. The highest BCUT2D eigenvalue weighted by Gasteiger charge is 2.23. The summed E-state index contributed by atoms with van der Waals surface area (Å²) in [4.78, 5) is 28.7. The molecule has 2 aromatic rings. The number of rotatable bonds is 6. The number of thioether (sulfide) groups is 1. The number of Topliss-reactive ketones (excluding diaryl/α,β-unsaturated/α-hetero) is 1. The molecule has 0 saturated heterocycles. The van der Waals surface area contributed by atoms with E-state index in [1.54, 1.807) is 24.3 Å². The van der Waals surface area contributed by atoms with Gasteiger partial charge in [0.1, 0.15) is 0 Å². The predicted molar refractivity (Wildman–Crippen MR) is 115 cm³/mol. The van der Waals surface area contributed by atoms with E-state index < -0.39 is 17.0 Å². The number of allylic oxidation sites excluding steroid dienone is 1. The van der Waals surface area contributed by atoms with E-state index in [0.29, 0.717) is 22.5 Å². The lowest BCUT2D eigenvalue weighted by Gasteiger charge is -2.08. The second-order valence-corrected chi connectivity index (χ2v) is 8.92. The lowest BCUT2D eigenvalue weighted by Crippen LogP contribution is -2.30. The van der Waals surface area contributed by atoms with Gasteiger partial charge in [-0.25, -0.2) is 9.00 Å². The molecule has 3 rings (SSSR count). The highest BCUT2D eigenvalue weighted by Crippen LogP contribution is 2.30. The summed E-state index contributed by atoms with van der Waals surface area (Å²) in [5, 5.41) is 2.51. The average molecular weight is 432 g/mol. The largest absolute Gasteiger partial charge is 0.331 e. The van der Waals surface area contributed by atoms with Crippen LogP contribution in [0.25, 0.3) is 11.6 Å². The van der Waals surface area contributed by atoms with Crippen molar-refractivity contribution in [2.24, 2.45) is 0 Å². The Labute approximate surface area is 173 Å². The van der Waals surface area contributed by atoms with Crippen LogP contribution in [0.1, 0.15) is 21.6 Å². The van der Waals surface area contributed by atoms with E-state index in [1.165, 1.54) is 6.20 Å². The number of carbonyl (C=O) groups excluding carboxylic acids is 2. The molecule has 1 atom stereocenters. The molecular weight excluding hydrogens is 418 g/mol. The van der Waals surface area contributed by atoms with Crippen LogP contribution in [-0.2, 0) is 11.0 Å². The molecule has 1 aliphatic rings. The fraction of sp³-hybridized carbons (Fsp3) is 0. The fourth-order valence-electron chi connectivity index (χ4n) is 2.47. The van der Waals surface area contributed by atoms with Crippen molar-refractivity contribution in [2.75, 3.05) is 5.32 Å². The van der Waals surface area contributed by atoms with Gasteiger partial charge in [-0.2, -0.15) is 0 Å². The summed E-state index contributed by atoms with van der Waals surface area (Å²) < 4.78 is 14.5. The van der Waals surface area contributed by atoms with E-state index in [9.17, 15) is 13.8 Å². The Morgan fingerprint density at radius 2 is 1.93 bits per heavy atom. The molecule has 0 fully saturated rings. The number of hydrogen-bond acceptors (Lipinski definition) is 5. The first-order chi connectivity index (χ1) is 13.3. The molecule has 1 unspecified atom stereocenters. The molecule has 2 N–H and O–H groups in total. The van der Waals surface area contributed by atoms with Crippen molar-refractivity contribution in [1.29, 1.82) is 0 Å². The van der Waals surface area contributed by atoms with Crippen LogP contribution in [0.3, 0.4) is 0 Å². The fourth-order valence-corrected chi connectivity index (χ4v) is 4.20. The molecule has 142 valence electrons. The van der Waals surface area contributed by atoms with Crippen LogP contribution in [-0.4, -0.2) is 21.0 Å². The van der Waals surface area contributed by atoms with Gasteiger partial charge in [-0.3, -0.25) is 14.5 Å². The smallest absolute Gasteiger partial charge is 0.306 e. The minimum atomic E-state index is -1.84. The number of carbonyl (C=O) groups is 2. The van der Waals surface area contributed by atoms with Crippen molar-refractivity contribution in [1.82, 2.24) is 9.71 Å². The number of amides is 2. The molecule has 9 heteroatoms. The molecular formula is C19H14ClN3O3S2. The zero-order chi connectivity index (χ0) is 20.3. The van der Waals surface area contributed by atoms with Crippen LogP contribution < -0.4 is 10.0 Å². The first-order valence-corrected chi connectivity index (χ1v) is 10.2. The molecule has 6 nitrogen and oxygen atoms in total. The van der Waals surface area contributed by atoms with Crippen LogP contribution >= 0.6 is 23.4 Å². The maximum Gasteiger partial charge on any atom is 0.331 e. The third kappa shape index (κ3) is 4.59. The molecule has 2 amide bonds. The number of fused-ring (bicyclic) bond motifs is 1. The lowest BCUT2D eigenvalue weighted by atomic mass is 10.1. The molecule has 0 aliphatic heterocycles. The van der Waals surface area contributed by atoms with Crippen molar-refractivity contribution < 1.29 is 13.8 Å². The lowest BCUT2D eigenvalue weighted by molar-refractivity contribution is 0.105. The highest BCUT2D eigenvalue weighted by molar-refractivity contribution is 8.19. The molecule has 0 bridgehead atoms. The second-order valence-electron chi connectivity index (χ2n) is 5.56. The Balaban J connectivity index is 1.63. The van der Waals surface area contributed by atoms with E-state index in [4.69, 9.17) is 11.6 Å². The van der Waals surface area contributed by atoms with Gasteiger partial charge in [0.15, 0.2) is 16.8 Å². The number of pyridine rings is 1. The van der Waals surface area contributed by atoms with Crippen LogP contribution in [0.5, 0.6) is 0 Å². The average Bonchev–Trinajstić information content (AvgIpc) is 2.99. The summed E-state index contributed by atoms with van der Waals surface area (Å²) in [6, 6.07) is 9.86. The summed E-state index contributed by atoms with van der Waals surface area (Å²) in [5.41, 5.74) is 2.86. The minimum absolute atomic E-state index is 0.0890. The SMILES string of the molecule is C=C(Cl)SC(=C)S(=O)NC(=O)Nc1ccc(C2=Cc3ccccc3C2=O)nc1. The van der Waals surface area contributed by atoms with E-state index in [1.807, 2.05) is 18.2 Å². The normalized spacial score (nSPS) is 13.3. The predicted octanol–water partition coefficient (Wildman–Crippen LogP) is 4.52. The number of anilines is 1. The van der Waals surface area contributed by atoms with E-state index in [2.05, 4.69) is 28.2 Å². The van der Waals surface area contributed by atoms with Crippen LogP contribution in [0.15, 0.2) is 64.4 Å². The Hall–Kier alpha value is -2.68. The molecule has 1 aliphatic carbocycles. The maximum atomic E-state index is 12.5. The molecule has 0 spiro atoms. The maximum absolute atomic E-state index is 12.5. The number of halogens is 1. The van der Waals surface area contributed by atoms with Crippen LogP contribution in [0, 0.1) is 0 Å². The molecule has 0 saturated carbocycles. The number of nitrogens with one attached hydrogen (secondary N) is 2. The van der Waals surface area contributed by atoms with E-state index in [0.717, 1.165) is 17.3 Å². The first-order valence-electron chi connectivity index (χ1n) is 7.87. The number of ketones is 1. The number of aromatic nitrogens is 1. The number of hydrogen-bond donors (Lipinski definition) is 2. The molecule has 1 aromatic carbocycles. The standard InChI is InChI=1S/C19H14ClN3O3S2/c1-11(20)27-12(2)28(26)23-19(25)22-14-7-8-17(21-10-14)16-9-13-5-3-4-6-15(13)18(16)24/h3-10H,1-2H2,(H2,22,23,25). The third-order valence-corrected chi connectivity index (χ3v) is 5.83. The Bertz CT molecular complexity index is 1050. The van der Waals surface area contributed by atoms with Crippen LogP contribution in [0.2, 0.25) is 0 Å². The Kier molecular flexibility index (Phi) is 6.13. The van der Waals surface area contributed by atoms with Gasteiger partial charge in [0.25, 0.3) is 0 Å². The Morgan fingerprint density at radius 3 is 2.57 bits per heavy atom. The van der Waals surface area contributed by atoms with E-state index in [-0.39, 0.29) is 14.4 Å². The first kappa shape index (κ1) is 20.1. The summed E-state index contributed by atoms with van der Waals surface area (Å²) in [7, 11) is -1.84. The summed E-state index contributed by atoms with van der Waals surface area (Å²) >= 11 is 6.50.